The Morgan fingerprint density at radius 3 is 2.29 bits per heavy atom. The van der Waals surface area contributed by atoms with Crippen LogP contribution in [0.4, 0.5) is 0 Å². The SMILES string of the molecule is C=C/C=C(\C=C/C)S(=O)(=O)c1ccc2c(c1)C1(c3ccccc3-c3ccc(C)cc31)C1CC(S(=O)(=O)c3ccccc3)CCC21. The van der Waals surface area contributed by atoms with Crippen molar-refractivity contribution >= 4 is 19.7 Å². The maximum atomic E-state index is 14.1. The Hall–Kier alpha value is -4.00. The van der Waals surface area contributed by atoms with Gasteiger partial charge in [0.2, 0.25) is 9.84 Å². The Bertz CT molecular complexity index is 2120. The van der Waals surface area contributed by atoms with Gasteiger partial charge in [-0.3, -0.25) is 0 Å². The van der Waals surface area contributed by atoms with Crippen molar-refractivity contribution in [1.29, 1.82) is 0 Å². The molecule has 3 aliphatic carbocycles. The zero-order valence-corrected chi connectivity index (χ0v) is 27.1. The Morgan fingerprint density at radius 2 is 1.53 bits per heavy atom. The van der Waals surface area contributed by atoms with E-state index in [9.17, 15) is 16.8 Å². The van der Waals surface area contributed by atoms with Crippen molar-refractivity contribution < 1.29 is 16.8 Å². The van der Waals surface area contributed by atoms with Crippen LogP contribution in [0.2, 0.25) is 0 Å². The van der Waals surface area contributed by atoms with Gasteiger partial charge < -0.3 is 0 Å². The molecule has 1 fully saturated rings. The monoisotopic (exact) mass is 632 g/mol. The lowest BCUT2D eigenvalue weighted by molar-refractivity contribution is 0.266. The van der Waals surface area contributed by atoms with Gasteiger partial charge in [0.05, 0.1) is 25.4 Å². The summed E-state index contributed by atoms with van der Waals surface area (Å²) >= 11 is 0. The molecule has 4 aromatic carbocycles. The summed E-state index contributed by atoms with van der Waals surface area (Å²) in [5.74, 6) is 0.0304. The predicted octanol–water partition coefficient (Wildman–Crippen LogP) is 8.47. The van der Waals surface area contributed by atoms with Crippen LogP contribution < -0.4 is 0 Å². The number of hydrogen-bond acceptors (Lipinski definition) is 4. The van der Waals surface area contributed by atoms with E-state index in [4.69, 9.17) is 0 Å². The second-order valence-electron chi connectivity index (χ2n) is 12.5. The zero-order valence-electron chi connectivity index (χ0n) is 25.5. The van der Waals surface area contributed by atoms with E-state index >= 15 is 0 Å². The van der Waals surface area contributed by atoms with Crippen LogP contribution in [-0.4, -0.2) is 22.1 Å². The molecule has 0 heterocycles. The summed E-state index contributed by atoms with van der Waals surface area (Å²) in [5, 5.41) is -0.534. The Kier molecular flexibility index (Phi) is 7.14. The van der Waals surface area contributed by atoms with Crippen molar-refractivity contribution in [3.05, 3.63) is 155 Å². The third-order valence-corrected chi connectivity index (χ3v) is 14.2. The Morgan fingerprint density at radius 1 is 0.800 bits per heavy atom. The molecule has 0 saturated heterocycles. The molecule has 4 nitrogen and oxygen atoms in total. The number of allylic oxidation sites excluding steroid dienone is 4. The number of aryl methyl sites for hydroxylation is 1. The van der Waals surface area contributed by atoms with Gasteiger partial charge in [0.15, 0.2) is 9.84 Å². The fraction of sp³-hybridized carbons (Fsp3) is 0.231. The molecule has 0 bridgehead atoms. The molecule has 0 N–H and O–H groups in total. The van der Waals surface area contributed by atoms with Crippen LogP contribution in [0, 0.1) is 12.8 Å². The van der Waals surface area contributed by atoms with E-state index in [2.05, 4.69) is 43.8 Å². The molecule has 4 unspecified atom stereocenters. The van der Waals surface area contributed by atoms with E-state index in [1.165, 1.54) is 12.2 Å². The first-order valence-corrected chi connectivity index (χ1v) is 18.5. The molecule has 7 rings (SSSR count). The standard InChI is InChI=1S/C39H36O4S2/c1-4-11-27(12-5-2)44(40,41)29-18-21-33-34-22-19-30(45(42,43)28-13-7-6-8-14-28)25-38(34)39(37(33)24-29)35-16-10-9-15-31(35)32-20-17-26(3)23-36(32)39/h4-18,20-21,23-24,30,34,38H,1,19,22,25H2,2-3H3/b12-5-,27-11+. The van der Waals surface area contributed by atoms with Gasteiger partial charge in [0.25, 0.3) is 0 Å². The maximum absolute atomic E-state index is 14.1. The fourth-order valence-electron chi connectivity index (χ4n) is 8.40. The van der Waals surface area contributed by atoms with Crippen molar-refractivity contribution in [3.63, 3.8) is 0 Å². The molecule has 1 saturated carbocycles. The Labute approximate surface area is 266 Å². The van der Waals surface area contributed by atoms with Gasteiger partial charge >= 0.3 is 0 Å². The lowest BCUT2D eigenvalue weighted by Crippen LogP contribution is -2.40. The molecule has 0 aliphatic heterocycles. The molecule has 0 aromatic heterocycles. The number of hydrogen-bond donors (Lipinski definition) is 0. The van der Waals surface area contributed by atoms with Crippen molar-refractivity contribution in [2.75, 3.05) is 0 Å². The molecular formula is C39H36O4S2. The molecule has 0 radical (unpaired) electrons. The van der Waals surface area contributed by atoms with E-state index in [1.807, 2.05) is 30.3 Å². The summed E-state index contributed by atoms with van der Waals surface area (Å²) < 4.78 is 56.3. The van der Waals surface area contributed by atoms with Crippen molar-refractivity contribution in [2.24, 2.45) is 5.92 Å². The van der Waals surface area contributed by atoms with Crippen molar-refractivity contribution in [1.82, 2.24) is 0 Å². The summed E-state index contributed by atoms with van der Waals surface area (Å²) in [4.78, 5) is 0.777. The fourth-order valence-corrected chi connectivity index (χ4v) is 11.6. The first kappa shape index (κ1) is 29.7. The quantitative estimate of drug-likeness (QED) is 0.200. The Balaban J connectivity index is 1.49. The second-order valence-corrected chi connectivity index (χ2v) is 16.6. The maximum Gasteiger partial charge on any atom is 0.206 e. The predicted molar refractivity (Wildman–Crippen MR) is 181 cm³/mol. The highest BCUT2D eigenvalue weighted by atomic mass is 32.2. The van der Waals surface area contributed by atoms with Gasteiger partial charge in [-0.15, -0.1) is 0 Å². The molecule has 228 valence electrons. The lowest BCUT2D eigenvalue weighted by Gasteiger charge is -2.42. The van der Waals surface area contributed by atoms with E-state index in [-0.39, 0.29) is 21.6 Å². The molecule has 1 spiro atoms. The van der Waals surface area contributed by atoms with Crippen LogP contribution in [0.1, 0.15) is 59.9 Å². The highest BCUT2D eigenvalue weighted by Gasteiger charge is 2.60. The minimum Gasteiger partial charge on any atom is -0.223 e. The zero-order chi connectivity index (χ0) is 31.6. The number of benzene rings is 4. The van der Waals surface area contributed by atoms with Gasteiger partial charge in [-0.25, -0.2) is 16.8 Å². The molecular weight excluding hydrogens is 597 g/mol. The number of sulfone groups is 2. The second kappa shape index (κ2) is 10.8. The smallest absolute Gasteiger partial charge is 0.206 e. The van der Waals surface area contributed by atoms with Crippen LogP contribution in [0.5, 0.6) is 0 Å². The lowest BCUT2D eigenvalue weighted by atomic mass is 9.62. The third kappa shape index (κ3) is 4.29. The van der Waals surface area contributed by atoms with E-state index in [0.29, 0.717) is 24.2 Å². The van der Waals surface area contributed by atoms with Gasteiger partial charge in [0.1, 0.15) is 0 Å². The van der Waals surface area contributed by atoms with Gasteiger partial charge in [0, 0.05) is 0 Å². The normalized spacial score (nSPS) is 23.9. The highest BCUT2D eigenvalue weighted by molar-refractivity contribution is 7.95. The van der Waals surface area contributed by atoms with Gasteiger partial charge in [-0.1, -0.05) is 91.0 Å². The van der Waals surface area contributed by atoms with Crippen LogP contribution in [0.25, 0.3) is 11.1 Å². The average Bonchev–Trinajstić information content (AvgIpc) is 3.51. The van der Waals surface area contributed by atoms with Crippen LogP contribution in [0.15, 0.2) is 137 Å². The summed E-state index contributed by atoms with van der Waals surface area (Å²) in [6.07, 6.45) is 8.10. The first-order chi connectivity index (χ1) is 21.6. The molecule has 45 heavy (non-hydrogen) atoms. The first-order valence-electron chi connectivity index (χ1n) is 15.5. The minimum absolute atomic E-state index is 0.0642. The number of rotatable bonds is 6. The molecule has 3 aliphatic rings. The third-order valence-electron chi connectivity index (χ3n) is 10.2. The number of fused-ring (bicyclic) bond motifs is 10. The van der Waals surface area contributed by atoms with Gasteiger partial charge in [-0.05, 0) is 115 Å². The largest absolute Gasteiger partial charge is 0.223 e. The van der Waals surface area contributed by atoms with E-state index in [0.717, 1.165) is 38.9 Å². The highest BCUT2D eigenvalue weighted by Crippen LogP contribution is 2.67. The van der Waals surface area contributed by atoms with Crippen LogP contribution in [-0.2, 0) is 25.1 Å². The molecule has 4 aromatic rings. The molecule has 4 atom stereocenters. The molecule has 6 heteroatoms. The van der Waals surface area contributed by atoms with Gasteiger partial charge in [-0.2, -0.15) is 0 Å². The van der Waals surface area contributed by atoms with Crippen LogP contribution >= 0.6 is 0 Å². The molecule has 0 amide bonds. The topological polar surface area (TPSA) is 68.3 Å². The summed E-state index contributed by atoms with van der Waals surface area (Å²) in [6, 6.07) is 29.3. The summed E-state index contributed by atoms with van der Waals surface area (Å²) in [5.41, 5.74) is 7.06. The van der Waals surface area contributed by atoms with Crippen molar-refractivity contribution in [2.45, 2.75) is 59.5 Å². The summed E-state index contributed by atoms with van der Waals surface area (Å²) in [7, 11) is -7.42. The average molecular weight is 633 g/mol. The van der Waals surface area contributed by atoms with E-state index in [1.54, 1.807) is 49.4 Å². The van der Waals surface area contributed by atoms with E-state index < -0.39 is 30.3 Å². The van der Waals surface area contributed by atoms with Crippen molar-refractivity contribution in [3.8, 4) is 11.1 Å². The minimum atomic E-state index is -3.85. The van der Waals surface area contributed by atoms with Crippen LogP contribution in [0.3, 0.4) is 0 Å². The summed E-state index contributed by atoms with van der Waals surface area (Å²) in [6.45, 7) is 7.61.